The Hall–Kier alpha value is -0.580. The largest absolute Gasteiger partial charge is 0.440 e. The van der Waals surface area contributed by atoms with E-state index >= 15 is 0 Å². The van der Waals surface area contributed by atoms with Gasteiger partial charge in [0.25, 0.3) is 0 Å². The molecule has 0 fully saturated rings. The molecular weight excluding hydrogens is 395 g/mol. The van der Waals surface area contributed by atoms with Crippen LogP contribution in [0.15, 0.2) is 52.3 Å². The van der Waals surface area contributed by atoms with Crippen LogP contribution in [-0.2, 0) is 9.09 Å². The summed E-state index contributed by atoms with van der Waals surface area (Å²) in [7, 11) is 0. The van der Waals surface area contributed by atoms with Crippen LogP contribution in [0.4, 0.5) is 0 Å². The molecule has 25 heavy (non-hydrogen) atoms. The van der Waals surface area contributed by atoms with E-state index in [1.54, 1.807) is 11.8 Å². The quantitative estimate of drug-likeness (QED) is 0.396. The summed E-state index contributed by atoms with van der Waals surface area (Å²) in [4.78, 5) is 2.19. The van der Waals surface area contributed by atoms with Crippen LogP contribution in [0.5, 0.6) is 5.75 Å². The van der Waals surface area contributed by atoms with Gasteiger partial charge >= 0.3 is 6.80 Å². The van der Waals surface area contributed by atoms with Gasteiger partial charge in [-0.1, -0.05) is 30.3 Å². The zero-order valence-electron chi connectivity index (χ0n) is 14.5. The molecular formula is C18H22ClO3PS2. The maximum Gasteiger partial charge on any atom is 0.440 e. The number of aryl methyl sites for hydroxylation is 1. The highest BCUT2D eigenvalue weighted by Gasteiger charge is 2.27. The summed E-state index contributed by atoms with van der Waals surface area (Å²) in [6.45, 7) is 2.99. The van der Waals surface area contributed by atoms with Crippen LogP contribution in [0.2, 0.25) is 5.02 Å². The minimum atomic E-state index is -3.18. The van der Waals surface area contributed by atoms with Crippen LogP contribution >= 0.6 is 41.5 Å². The third-order valence-electron chi connectivity index (χ3n) is 3.15. The fraction of sp³-hybridized carbons (Fsp3) is 0.333. The molecule has 2 rings (SSSR count). The number of benzene rings is 2. The molecule has 0 radical (unpaired) electrons. The van der Waals surface area contributed by atoms with Crippen LogP contribution in [0.1, 0.15) is 25.8 Å². The summed E-state index contributed by atoms with van der Waals surface area (Å²) in [5.41, 5.74) is 0.927. The van der Waals surface area contributed by atoms with E-state index in [4.69, 9.17) is 20.6 Å². The van der Waals surface area contributed by atoms with Crippen LogP contribution in [0, 0.1) is 6.92 Å². The molecule has 0 amide bonds. The zero-order chi connectivity index (χ0) is 18.3. The van der Waals surface area contributed by atoms with Crippen molar-refractivity contribution in [3.8, 4) is 5.75 Å². The van der Waals surface area contributed by atoms with Gasteiger partial charge in [-0.2, -0.15) is 0 Å². The molecule has 3 nitrogen and oxygen atoms in total. The Morgan fingerprint density at radius 2 is 1.76 bits per heavy atom. The van der Waals surface area contributed by atoms with Crippen LogP contribution in [0.25, 0.3) is 0 Å². The monoisotopic (exact) mass is 416 g/mol. The molecule has 1 unspecified atom stereocenters. The van der Waals surface area contributed by atoms with Gasteiger partial charge in [0.05, 0.1) is 6.61 Å². The summed E-state index contributed by atoms with van der Waals surface area (Å²) in [6, 6.07) is 13.5. The standard InChI is InChI=1S/C18H22ClO3PS2/c1-4-12-24-23(20,21-5-2)22-18-11-10-17(13-14(18)3)25-16-8-6-15(19)7-9-16/h6-11,13H,4-5,12H2,1-3H3. The molecule has 2 aromatic carbocycles. The maximum absolute atomic E-state index is 12.8. The van der Waals surface area contributed by atoms with Crippen molar-refractivity contribution in [3.05, 3.63) is 53.1 Å². The van der Waals surface area contributed by atoms with E-state index in [1.165, 1.54) is 11.4 Å². The van der Waals surface area contributed by atoms with Gasteiger partial charge in [-0.05, 0) is 79.7 Å². The van der Waals surface area contributed by atoms with Gasteiger partial charge in [-0.15, -0.1) is 0 Å². The van der Waals surface area contributed by atoms with Gasteiger partial charge in [0, 0.05) is 20.6 Å². The smallest absolute Gasteiger partial charge is 0.417 e. The van der Waals surface area contributed by atoms with Crippen molar-refractivity contribution in [2.75, 3.05) is 12.4 Å². The van der Waals surface area contributed by atoms with Gasteiger partial charge in [-0.3, -0.25) is 4.52 Å². The molecule has 2 aromatic rings. The molecule has 0 spiro atoms. The lowest BCUT2D eigenvalue weighted by atomic mass is 10.2. The lowest BCUT2D eigenvalue weighted by molar-refractivity contribution is 0.295. The Labute approximate surface area is 163 Å². The van der Waals surface area contributed by atoms with Gasteiger partial charge in [0.15, 0.2) is 0 Å². The Morgan fingerprint density at radius 1 is 1.08 bits per heavy atom. The molecule has 0 aliphatic carbocycles. The molecule has 0 aromatic heterocycles. The number of halogens is 1. The Balaban J connectivity index is 2.12. The first kappa shape index (κ1) is 20.7. The van der Waals surface area contributed by atoms with Crippen molar-refractivity contribution >= 4 is 41.5 Å². The van der Waals surface area contributed by atoms with E-state index in [2.05, 4.69) is 0 Å². The van der Waals surface area contributed by atoms with E-state index < -0.39 is 6.80 Å². The number of rotatable bonds is 9. The summed E-state index contributed by atoms with van der Waals surface area (Å²) in [6.07, 6.45) is 0.917. The van der Waals surface area contributed by atoms with Gasteiger partial charge in [-0.25, -0.2) is 4.57 Å². The first-order valence-corrected chi connectivity index (χ1v) is 12.4. The van der Waals surface area contributed by atoms with Crippen molar-refractivity contribution in [3.63, 3.8) is 0 Å². The first-order valence-electron chi connectivity index (χ1n) is 8.08. The van der Waals surface area contributed by atoms with E-state index in [0.717, 1.165) is 32.6 Å². The van der Waals surface area contributed by atoms with Crippen molar-refractivity contribution in [2.24, 2.45) is 0 Å². The minimum absolute atomic E-state index is 0.359. The van der Waals surface area contributed by atoms with Gasteiger partial charge < -0.3 is 4.52 Å². The molecule has 0 saturated heterocycles. The van der Waals surface area contributed by atoms with Crippen molar-refractivity contribution in [2.45, 2.75) is 37.0 Å². The van der Waals surface area contributed by atoms with Crippen LogP contribution in [-0.4, -0.2) is 12.4 Å². The van der Waals surface area contributed by atoms with Crippen molar-refractivity contribution < 1.29 is 13.6 Å². The van der Waals surface area contributed by atoms with Crippen molar-refractivity contribution in [1.82, 2.24) is 0 Å². The summed E-state index contributed by atoms with van der Waals surface area (Å²) in [5.74, 6) is 1.33. The Bertz CT molecular complexity index is 738. The average Bonchev–Trinajstić information content (AvgIpc) is 2.58. The number of hydrogen-bond acceptors (Lipinski definition) is 5. The molecule has 136 valence electrons. The van der Waals surface area contributed by atoms with Gasteiger partial charge in [0.2, 0.25) is 0 Å². The highest BCUT2D eigenvalue weighted by Crippen LogP contribution is 2.60. The van der Waals surface area contributed by atoms with E-state index in [-0.39, 0.29) is 0 Å². The summed E-state index contributed by atoms with van der Waals surface area (Å²) in [5, 5.41) is 0.723. The van der Waals surface area contributed by atoms with E-state index in [0.29, 0.717) is 12.4 Å². The molecule has 7 heteroatoms. The van der Waals surface area contributed by atoms with Crippen LogP contribution in [0.3, 0.4) is 0 Å². The maximum atomic E-state index is 12.8. The average molecular weight is 417 g/mol. The third-order valence-corrected chi connectivity index (χ3v) is 8.33. The minimum Gasteiger partial charge on any atom is -0.417 e. The fourth-order valence-corrected chi connectivity index (χ4v) is 6.55. The first-order chi connectivity index (χ1) is 12.0. The topological polar surface area (TPSA) is 35.5 Å². The zero-order valence-corrected chi connectivity index (χ0v) is 17.8. The predicted octanol–water partition coefficient (Wildman–Crippen LogP) is 7.47. The summed E-state index contributed by atoms with van der Waals surface area (Å²) >= 11 is 8.81. The Morgan fingerprint density at radius 3 is 2.36 bits per heavy atom. The number of hydrogen-bond donors (Lipinski definition) is 0. The van der Waals surface area contributed by atoms with E-state index in [1.807, 2.05) is 63.2 Å². The molecule has 0 N–H and O–H groups in total. The SMILES string of the molecule is CCCSP(=O)(OCC)Oc1ccc(Sc2ccc(Cl)cc2)cc1C. The second kappa shape index (κ2) is 9.94. The second-order valence-electron chi connectivity index (χ2n) is 5.27. The molecule has 0 saturated carbocycles. The third kappa shape index (κ3) is 6.58. The summed E-state index contributed by atoms with van der Waals surface area (Å²) < 4.78 is 24.0. The lowest BCUT2D eigenvalue weighted by Gasteiger charge is -2.19. The molecule has 1 atom stereocenters. The normalized spacial score (nSPS) is 13.4. The molecule has 0 heterocycles. The molecule has 0 aliphatic rings. The van der Waals surface area contributed by atoms with Gasteiger partial charge in [0.1, 0.15) is 5.75 Å². The predicted molar refractivity (Wildman–Crippen MR) is 109 cm³/mol. The van der Waals surface area contributed by atoms with Crippen molar-refractivity contribution in [1.29, 1.82) is 0 Å². The fourth-order valence-electron chi connectivity index (χ4n) is 2.00. The second-order valence-corrected chi connectivity index (χ2v) is 11.0. The van der Waals surface area contributed by atoms with Crippen LogP contribution < -0.4 is 4.52 Å². The highest BCUT2D eigenvalue weighted by molar-refractivity contribution is 8.55. The molecule has 0 bridgehead atoms. The highest BCUT2D eigenvalue weighted by atomic mass is 35.5. The van der Waals surface area contributed by atoms with E-state index in [9.17, 15) is 4.57 Å². The molecule has 0 aliphatic heterocycles. The Kier molecular flexibility index (Phi) is 8.24. The lowest BCUT2D eigenvalue weighted by Crippen LogP contribution is -1.97.